The van der Waals surface area contributed by atoms with Gasteiger partial charge in [-0.15, -0.1) is 0 Å². The predicted octanol–water partition coefficient (Wildman–Crippen LogP) is 3.37. The molecule has 0 saturated carbocycles. The topological polar surface area (TPSA) is 17.3 Å². The minimum absolute atomic E-state index is 1.14. The third-order valence-electron chi connectivity index (χ3n) is 3.77. The van der Waals surface area contributed by atoms with Crippen LogP contribution in [0.1, 0.15) is 24.2 Å². The Morgan fingerprint density at radius 2 is 1.94 bits per heavy atom. The van der Waals surface area contributed by atoms with Gasteiger partial charge >= 0.3 is 0 Å². The summed E-state index contributed by atoms with van der Waals surface area (Å²) in [6, 6.07) is 10.8. The lowest BCUT2D eigenvalue weighted by Gasteiger charge is -2.16. The van der Waals surface area contributed by atoms with Gasteiger partial charge in [0.15, 0.2) is 0 Å². The van der Waals surface area contributed by atoms with Crippen LogP contribution in [0.15, 0.2) is 36.5 Å². The minimum atomic E-state index is 1.14. The number of aryl methyl sites for hydroxylation is 2. The average molecular weight is 222 g/mol. The number of hydrogen-bond acceptors (Lipinski definition) is 1. The van der Waals surface area contributed by atoms with E-state index in [1.54, 1.807) is 0 Å². The third kappa shape index (κ3) is 1.24. The van der Waals surface area contributed by atoms with Crippen molar-refractivity contribution >= 4 is 16.4 Å². The van der Waals surface area contributed by atoms with Gasteiger partial charge in [-0.2, -0.15) is 0 Å². The number of benzene rings is 1. The molecule has 1 aliphatic rings. The first kappa shape index (κ1) is 9.23. The molecule has 0 N–H and O–H groups in total. The Hall–Kier alpha value is -1.83. The SMILES string of the molecule is c1ccc2c(c1)cc1cnc3c(n12)CCCC3. The summed E-state index contributed by atoms with van der Waals surface area (Å²) < 4.78 is 2.40. The molecule has 0 radical (unpaired) electrons. The highest BCUT2D eigenvalue weighted by atomic mass is 15.0. The van der Waals surface area contributed by atoms with E-state index < -0.39 is 0 Å². The Kier molecular flexibility index (Phi) is 1.81. The number of para-hydroxylation sites is 1. The van der Waals surface area contributed by atoms with Crippen LogP contribution in [-0.4, -0.2) is 9.38 Å². The molecule has 17 heavy (non-hydrogen) atoms. The number of aromatic nitrogens is 2. The maximum atomic E-state index is 4.62. The van der Waals surface area contributed by atoms with Gasteiger partial charge in [-0.25, -0.2) is 0 Å². The molecular weight excluding hydrogens is 208 g/mol. The summed E-state index contributed by atoms with van der Waals surface area (Å²) in [6.45, 7) is 0. The largest absolute Gasteiger partial charge is 0.310 e. The maximum Gasteiger partial charge on any atom is 0.0649 e. The van der Waals surface area contributed by atoms with Crippen molar-refractivity contribution < 1.29 is 0 Å². The zero-order valence-electron chi connectivity index (χ0n) is 9.69. The van der Waals surface area contributed by atoms with Crippen molar-refractivity contribution in [3.8, 4) is 0 Å². The molecule has 84 valence electrons. The molecule has 2 aromatic heterocycles. The minimum Gasteiger partial charge on any atom is -0.310 e. The highest BCUT2D eigenvalue weighted by Gasteiger charge is 2.15. The van der Waals surface area contributed by atoms with E-state index >= 15 is 0 Å². The lowest BCUT2D eigenvalue weighted by molar-refractivity contribution is 0.645. The van der Waals surface area contributed by atoms with Crippen LogP contribution in [0.4, 0.5) is 0 Å². The summed E-state index contributed by atoms with van der Waals surface area (Å²) >= 11 is 0. The molecule has 3 aromatic rings. The molecule has 0 amide bonds. The number of fused-ring (bicyclic) bond motifs is 5. The fourth-order valence-electron chi connectivity index (χ4n) is 2.97. The molecule has 0 aliphatic heterocycles. The fourth-order valence-corrected chi connectivity index (χ4v) is 2.97. The van der Waals surface area contributed by atoms with Crippen LogP contribution < -0.4 is 0 Å². The van der Waals surface area contributed by atoms with Crippen molar-refractivity contribution in [3.05, 3.63) is 47.9 Å². The third-order valence-corrected chi connectivity index (χ3v) is 3.77. The summed E-state index contributed by atoms with van der Waals surface area (Å²) in [6.07, 6.45) is 6.89. The molecule has 4 rings (SSSR count). The Balaban J connectivity index is 2.20. The van der Waals surface area contributed by atoms with Gasteiger partial charge in [0.2, 0.25) is 0 Å². The van der Waals surface area contributed by atoms with E-state index in [4.69, 9.17) is 0 Å². The molecule has 0 saturated heterocycles. The van der Waals surface area contributed by atoms with Crippen molar-refractivity contribution in [1.82, 2.24) is 9.38 Å². The Morgan fingerprint density at radius 3 is 2.94 bits per heavy atom. The van der Waals surface area contributed by atoms with Gasteiger partial charge in [0.05, 0.1) is 22.9 Å². The summed E-state index contributed by atoms with van der Waals surface area (Å²) in [5.41, 5.74) is 5.27. The molecule has 1 aromatic carbocycles. The molecule has 0 fully saturated rings. The highest BCUT2D eigenvalue weighted by molar-refractivity contribution is 5.87. The van der Waals surface area contributed by atoms with E-state index in [0.29, 0.717) is 0 Å². The standard InChI is InChI=1S/C15H14N2/c1-3-7-14-11(5-1)9-12-10-16-13-6-2-4-8-15(13)17(12)14/h1,3,5,7,9-10H,2,4,6,8H2. The molecule has 0 spiro atoms. The summed E-state index contributed by atoms with van der Waals surface area (Å²) in [7, 11) is 0. The van der Waals surface area contributed by atoms with Crippen molar-refractivity contribution in [3.63, 3.8) is 0 Å². The van der Waals surface area contributed by atoms with Gasteiger partial charge in [-0.3, -0.25) is 4.98 Å². The van der Waals surface area contributed by atoms with Crippen molar-refractivity contribution in [2.24, 2.45) is 0 Å². The van der Waals surface area contributed by atoms with Crippen molar-refractivity contribution in [1.29, 1.82) is 0 Å². The van der Waals surface area contributed by atoms with E-state index in [0.717, 1.165) is 6.42 Å². The van der Waals surface area contributed by atoms with E-state index in [9.17, 15) is 0 Å². The second-order valence-corrected chi connectivity index (χ2v) is 4.82. The summed E-state index contributed by atoms with van der Waals surface area (Å²) in [4.78, 5) is 4.62. The van der Waals surface area contributed by atoms with E-state index in [1.807, 2.05) is 6.20 Å². The first-order valence-electron chi connectivity index (χ1n) is 6.30. The number of rotatable bonds is 0. The Morgan fingerprint density at radius 1 is 1.06 bits per heavy atom. The molecule has 1 aliphatic carbocycles. The lowest BCUT2D eigenvalue weighted by Crippen LogP contribution is -2.10. The van der Waals surface area contributed by atoms with Gasteiger partial charge in [0.1, 0.15) is 0 Å². The van der Waals surface area contributed by atoms with Gasteiger partial charge < -0.3 is 4.40 Å². The molecule has 2 heteroatoms. The second-order valence-electron chi connectivity index (χ2n) is 4.82. The van der Waals surface area contributed by atoms with Crippen LogP contribution in [0.3, 0.4) is 0 Å². The molecule has 0 bridgehead atoms. The predicted molar refractivity (Wildman–Crippen MR) is 69.3 cm³/mol. The molecule has 0 atom stereocenters. The fraction of sp³-hybridized carbons (Fsp3) is 0.267. The molecule has 2 nitrogen and oxygen atoms in total. The van der Waals surface area contributed by atoms with E-state index in [1.165, 1.54) is 47.1 Å². The number of nitrogens with zero attached hydrogens (tertiary/aromatic N) is 2. The average Bonchev–Trinajstić information content (AvgIpc) is 2.77. The van der Waals surface area contributed by atoms with Crippen LogP contribution in [0.25, 0.3) is 16.4 Å². The smallest absolute Gasteiger partial charge is 0.0649 e. The summed E-state index contributed by atoms with van der Waals surface area (Å²) in [5, 5.41) is 1.31. The van der Waals surface area contributed by atoms with Crippen molar-refractivity contribution in [2.45, 2.75) is 25.7 Å². The monoisotopic (exact) mass is 222 g/mol. The normalized spacial score (nSPS) is 15.3. The Labute approximate surface area is 99.9 Å². The van der Waals surface area contributed by atoms with Gasteiger partial charge in [0, 0.05) is 11.1 Å². The maximum absolute atomic E-state index is 4.62. The molecule has 2 heterocycles. The van der Waals surface area contributed by atoms with E-state index in [2.05, 4.69) is 39.7 Å². The first-order valence-corrected chi connectivity index (χ1v) is 6.30. The number of hydrogen-bond donors (Lipinski definition) is 0. The highest BCUT2D eigenvalue weighted by Crippen LogP contribution is 2.26. The van der Waals surface area contributed by atoms with Crippen LogP contribution in [0, 0.1) is 0 Å². The van der Waals surface area contributed by atoms with Crippen LogP contribution >= 0.6 is 0 Å². The first-order chi connectivity index (χ1) is 8.43. The van der Waals surface area contributed by atoms with Gasteiger partial charge in [-0.1, -0.05) is 18.2 Å². The van der Waals surface area contributed by atoms with Crippen LogP contribution in [0.2, 0.25) is 0 Å². The Bertz CT molecular complexity index is 709. The van der Waals surface area contributed by atoms with E-state index in [-0.39, 0.29) is 0 Å². The van der Waals surface area contributed by atoms with Gasteiger partial charge in [0.25, 0.3) is 0 Å². The van der Waals surface area contributed by atoms with Crippen LogP contribution in [-0.2, 0) is 12.8 Å². The quantitative estimate of drug-likeness (QED) is 0.570. The van der Waals surface area contributed by atoms with Gasteiger partial charge in [-0.05, 0) is 37.8 Å². The zero-order valence-corrected chi connectivity index (χ0v) is 9.69. The molecular formula is C15H14N2. The van der Waals surface area contributed by atoms with Crippen LogP contribution in [0.5, 0.6) is 0 Å². The van der Waals surface area contributed by atoms with Crippen molar-refractivity contribution in [2.75, 3.05) is 0 Å². The molecule has 0 unspecified atom stereocenters. The summed E-state index contributed by atoms with van der Waals surface area (Å²) in [5.74, 6) is 0. The zero-order chi connectivity index (χ0) is 11.2. The second kappa shape index (κ2) is 3.33. The lowest BCUT2D eigenvalue weighted by atomic mass is 10.0.